The lowest BCUT2D eigenvalue weighted by atomic mass is 10.0. The molecule has 6 heteroatoms. The highest BCUT2D eigenvalue weighted by Gasteiger charge is 2.24. The van der Waals surface area contributed by atoms with Gasteiger partial charge in [-0.1, -0.05) is 19.0 Å². The Labute approximate surface area is 129 Å². The van der Waals surface area contributed by atoms with Crippen molar-refractivity contribution in [2.75, 3.05) is 13.7 Å². The summed E-state index contributed by atoms with van der Waals surface area (Å²) in [4.78, 5) is 17.0. The van der Waals surface area contributed by atoms with E-state index >= 15 is 0 Å². The van der Waals surface area contributed by atoms with Crippen LogP contribution in [0, 0.1) is 11.7 Å². The van der Waals surface area contributed by atoms with Crippen molar-refractivity contribution in [3.8, 4) is 5.75 Å². The van der Waals surface area contributed by atoms with E-state index < -0.39 is 5.82 Å². The molecule has 0 radical (unpaired) electrons. The van der Waals surface area contributed by atoms with Crippen molar-refractivity contribution in [3.05, 3.63) is 29.6 Å². The van der Waals surface area contributed by atoms with E-state index in [2.05, 4.69) is 10.5 Å². The number of benzene rings is 1. The second kappa shape index (κ2) is 7.24. The van der Waals surface area contributed by atoms with Gasteiger partial charge in [-0.05, 0) is 24.6 Å². The lowest BCUT2D eigenvalue weighted by molar-refractivity contribution is -0.125. The predicted octanol–water partition coefficient (Wildman–Crippen LogP) is 2.49. The molecular formula is C16H21FN2O3. The SMILES string of the molecule is CCC(C)C(=O)NCC1CC(c2ccc(OC)c(F)c2)=NO1. The fourth-order valence-electron chi connectivity index (χ4n) is 2.13. The van der Waals surface area contributed by atoms with Gasteiger partial charge < -0.3 is 14.9 Å². The molecule has 1 aromatic carbocycles. The first-order valence-corrected chi connectivity index (χ1v) is 7.39. The van der Waals surface area contributed by atoms with Crippen LogP contribution in [0.3, 0.4) is 0 Å². The van der Waals surface area contributed by atoms with Crippen LogP contribution in [-0.4, -0.2) is 31.4 Å². The van der Waals surface area contributed by atoms with Crippen LogP contribution in [0.25, 0.3) is 0 Å². The van der Waals surface area contributed by atoms with Gasteiger partial charge in [-0.3, -0.25) is 4.79 Å². The van der Waals surface area contributed by atoms with Crippen LogP contribution in [0.1, 0.15) is 32.3 Å². The van der Waals surface area contributed by atoms with Crippen LogP contribution in [0.5, 0.6) is 5.75 Å². The van der Waals surface area contributed by atoms with E-state index in [4.69, 9.17) is 9.57 Å². The first kappa shape index (κ1) is 16.3. The second-order valence-electron chi connectivity index (χ2n) is 5.37. The lowest BCUT2D eigenvalue weighted by Crippen LogP contribution is -2.35. The van der Waals surface area contributed by atoms with Gasteiger partial charge in [0.2, 0.25) is 5.91 Å². The van der Waals surface area contributed by atoms with Gasteiger partial charge in [0, 0.05) is 17.9 Å². The Bertz CT molecular complexity index is 575. The topological polar surface area (TPSA) is 59.9 Å². The van der Waals surface area contributed by atoms with Gasteiger partial charge in [0.05, 0.1) is 19.4 Å². The van der Waals surface area contributed by atoms with E-state index in [9.17, 15) is 9.18 Å². The highest BCUT2D eigenvalue weighted by molar-refractivity contribution is 6.01. The summed E-state index contributed by atoms with van der Waals surface area (Å²) in [6.07, 6.45) is 1.12. The number of rotatable bonds is 6. The van der Waals surface area contributed by atoms with Crippen LogP contribution in [0.2, 0.25) is 0 Å². The third-order valence-electron chi connectivity index (χ3n) is 3.78. The van der Waals surface area contributed by atoms with E-state index in [0.29, 0.717) is 24.2 Å². The highest BCUT2D eigenvalue weighted by Crippen LogP contribution is 2.22. The van der Waals surface area contributed by atoms with Crippen molar-refractivity contribution in [2.24, 2.45) is 11.1 Å². The van der Waals surface area contributed by atoms with Crippen LogP contribution in [-0.2, 0) is 9.63 Å². The number of halogens is 1. The molecule has 0 saturated heterocycles. The van der Waals surface area contributed by atoms with Gasteiger partial charge >= 0.3 is 0 Å². The van der Waals surface area contributed by atoms with E-state index in [1.807, 2.05) is 13.8 Å². The number of ether oxygens (including phenoxy) is 1. The number of nitrogens with zero attached hydrogens (tertiary/aromatic N) is 1. The van der Waals surface area contributed by atoms with Crippen LogP contribution in [0.4, 0.5) is 4.39 Å². The molecule has 2 unspecified atom stereocenters. The lowest BCUT2D eigenvalue weighted by Gasteiger charge is -2.12. The first-order valence-electron chi connectivity index (χ1n) is 7.39. The normalized spacial score (nSPS) is 18.4. The molecule has 1 aliphatic rings. The van der Waals surface area contributed by atoms with Gasteiger partial charge in [-0.2, -0.15) is 0 Å². The number of carbonyl (C=O) groups is 1. The molecule has 2 rings (SSSR count). The zero-order valence-corrected chi connectivity index (χ0v) is 13.1. The van der Waals surface area contributed by atoms with E-state index in [1.54, 1.807) is 12.1 Å². The molecule has 0 spiro atoms. The minimum atomic E-state index is -0.434. The summed E-state index contributed by atoms with van der Waals surface area (Å²) >= 11 is 0. The maximum Gasteiger partial charge on any atom is 0.222 e. The Balaban J connectivity index is 1.90. The van der Waals surface area contributed by atoms with Gasteiger partial charge in [-0.15, -0.1) is 0 Å². The molecule has 5 nitrogen and oxygen atoms in total. The predicted molar refractivity (Wildman–Crippen MR) is 81.4 cm³/mol. The number of nitrogens with one attached hydrogen (secondary N) is 1. The smallest absolute Gasteiger partial charge is 0.222 e. The number of hydrogen-bond acceptors (Lipinski definition) is 4. The van der Waals surface area contributed by atoms with Gasteiger partial charge in [0.15, 0.2) is 11.6 Å². The Hall–Kier alpha value is -2.11. The Morgan fingerprint density at radius 3 is 3.00 bits per heavy atom. The molecule has 2 atom stereocenters. The van der Waals surface area contributed by atoms with E-state index in [0.717, 1.165) is 6.42 Å². The van der Waals surface area contributed by atoms with Crippen molar-refractivity contribution < 1.29 is 18.8 Å². The Morgan fingerprint density at radius 1 is 1.59 bits per heavy atom. The first-order chi connectivity index (χ1) is 10.5. The van der Waals surface area contributed by atoms with Gasteiger partial charge in [-0.25, -0.2) is 4.39 Å². The van der Waals surface area contributed by atoms with E-state index in [1.165, 1.54) is 13.2 Å². The number of amides is 1. The van der Waals surface area contributed by atoms with Crippen molar-refractivity contribution in [1.82, 2.24) is 5.32 Å². The summed E-state index contributed by atoms with van der Waals surface area (Å²) in [5.74, 6) is -0.246. The molecule has 1 amide bonds. The molecule has 120 valence electrons. The number of oxime groups is 1. The quantitative estimate of drug-likeness (QED) is 0.878. The molecule has 1 heterocycles. The second-order valence-corrected chi connectivity index (χ2v) is 5.37. The van der Waals surface area contributed by atoms with Crippen LogP contribution in [0.15, 0.2) is 23.4 Å². The third kappa shape index (κ3) is 3.75. The summed E-state index contributed by atoms with van der Waals surface area (Å²) in [5.41, 5.74) is 1.33. The zero-order valence-electron chi connectivity index (χ0n) is 13.1. The maximum atomic E-state index is 13.7. The fraction of sp³-hybridized carbons (Fsp3) is 0.500. The summed E-state index contributed by atoms with van der Waals surface area (Å²) in [6, 6.07) is 4.68. The molecule has 22 heavy (non-hydrogen) atoms. The Kier molecular flexibility index (Phi) is 5.35. The largest absolute Gasteiger partial charge is 0.494 e. The summed E-state index contributed by atoms with van der Waals surface area (Å²) in [6.45, 7) is 4.25. The highest BCUT2D eigenvalue weighted by atomic mass is 19.1. The molecule has 0 aliphatic carbocycles. The monoisotopic (exact) mass is 308 g/mol. The summed E-state index contributed by atoms with van der Waals surface area (Å²) in [5, 5.41) is 6.83. The van der Waals surface area contributed by atoms with Crippen LogP contribution < -0.4 is 10.1 Å². The van der Waals surface area contributed by atoms with Crippen LogP contribution >= 0.6 is 0 Å². The van der Waals surface area contributed by atoms with Gasteiger partial charge in [0.1, 0.15) is 6.10 Å². The van der Waals surface area contributed by atoms with Crippen molar-refractivity contribution >= 4 is 11.6 Å². The average Bonchev–Trinajstić information content (AvgIpc) is 3.00. The van der Waals surface area contributed by atoms with Crippen molar-refractivity contribution in [1.29, 1.82) is 0 Å². The fourth-order valence-corrected chi connectivity index (χ4v) is 2.13. The summed E-state index contributed by atoms with van der Waals surface area (Å²) < 4.78 is 18.6. The standard InChI is InChI=1S/C16H21FN2O3/c1-4-10(2)16(20)18-9-12-8-14(19-22-12)11-5-6-15(21-3)13(17)7-11/h5-7,10,12H,4,8-9H2,1-3H3,(H,18,20). The minimum absolute atomic E-state index is 0.00930. The molecular weight excluding hydrogens is 287 g/mol. The maximum absolute atomic E-state index is 13.7. The van der Waals surface area contributed by atoms with E-state index in [-0.39, 0.29) is 23.7 Å². The molecule has 1 aromatic rings. The molecule has 0 aromatic heterocycles. The molecule has 0 fully saturated rings. The zero-order chi connectivity index (χ0) is 16.1. The van der Waals surface area contributed by atoms with Crippen molar-refractivity contribution in [3.63, 3.8) is 0 Å². The minimum Gasteiger partial charge on any atom is -0.494 e. The summed E-state index contributed by atoms with van der Waals surface area (Å²) in [7, 11) is 1.42. The number of methoxy groups -OCH3 is 1. The van der Waals surface area contributed by atoms with Crippen molar-refractivity contribution in [2.45, 2.75) is 32.8 Å². The number of carbonyl (C=O) groups excluding carboxylic acids is 1. The average molecular weight is 308 g/mol. The third-order valence-corrected chi connectivity index (χ3v) is 3.78. The van der Waals surface area contributed by atoms with Gasteiger partial charge in [0.25, 0.3) is 0 Å². The molecule has 0 bridgehead atoms. The Morgan fingerprint density at radius 2 is 2.36 bits per heavy atom. The molecule has 1 aliphatic heterocycles. The molecule has 0 saturated carbocycles. The number of hydrogen-bond donors (Lipinski definition) is 1. The molecule has 1 N–H and O–H groups in total.